The van der Waals surface area contributed by atoms with Crippen molar-refractivity contribution < 1.29 is 4.74 Å². The summed E-state index contributed by atoms with van der Waals surface area (Å²) in [6, 6.07) is 8.43. The van der Waals surface area contributed by atoms with E-state index in [0.29, 0.717) is 11.8 Å². The highest BCUT2D eigenvalue weighted by Gasteiger charge is 2.07. The van der Waals surface area contributed by atoms with Crippen molar-refractivity contribution in [3.8, 4) is 0 Å². The third-order valence-corrected chi connectivity index (χ3v) is 4.11. The quantitative estimate of drug-likeness (QED) is 0.741. The first-order valence-electron chi connectivity index (χ1n) is 7.59. The van der Waals surface area contributed by atoms with Crippen LogP contribution in [-0.4, -0.2) is 23.2 Å². The molecule has 1 aromatic rings. The standard InChI is InChI=1S/C17H23N3OS/c1-2-6-14-7-5-8-15(11-14)12-21-10-4-3-9-16-13-22-17(18)20-19-16/h2,5-8,11H,3-4,9-10,12-13H2,1H3,(H2,18,20)/b6-2+. The Morgan fingerprint density at radius 3 is 3.00 bits per heavy atom. The fraction of sp³-hybridized carbons (Fsp3) is 0.412. The Morgan fingerprint density at radius 1 is 1.32 bits per heavy atom. The molecule has 1 aliphatic rings. The molecule has 2 N–H and O–H groups in total. The molecule has 0 fully saturated rings. The van der Waals surface area contributed by atoms with Gasteiger partial charge < -0.3 is 10.5 Å². The maximum atomic E-state index is 5.74. The molecule has 0 bridgehead atoms. The van der Waals surface area contributed by atoms with Crippen molar-refractivity contribution in [2.75, 3.05) is 12.4 Å². The molecule has 1 aromatic carbocycles. The fourth-order valence-corrected chi connectivity index (χ4v) is 2.77. The van der Waals surface area contributed by atoms with Crippen LogP contribution >= 0.6 is 11.8 Å². The van der Waals surface area contributed by atoms with Gasteiger partial charge in [-0.15, -0.1) is 5.10 Å². The van der Waals surface area contributed by atoms with Gasteiger partial charge in [0.2, 0.25) is 0 Å². The lowest BCUT2D eigenvalue weighted by molar-refractivity contribution is 0.117. The number of benzene rings is 1. The van der Waals surface area contributed by atoms with Crippen LogP contribution in [0.2, 0.25) is 0 Å². The Balaban J connectivity index is 1.60. The zero-order valence-electron chi connectivity index (χ0n) is 13.0. The molecule has 2 rings (SSSR count). The van der Waals surface area contributed by atoms with Gasteiger partial charge in [-0.1, -0.05) is 42.1 Å². The zero-order valence-corrected chi connectivity index (χ0v) is 13.8. The van der Waals surface area contributed by atoms with Gasteiger partial charge in [0.15, 0.2) is 5.17 Å². The smallest absolute Gasteiger partial charge is 0.180 e. The van der Waals surface area contributed by atoms with E-state index in [-0.39, 0.29) is 0 Å². The molecule has 0 saturated heterocycles. The van der Waals surface area contributed by atoms with E-state index in [1.165, 1.54) is 11.1 Å². The zero-order chi connectivity index (χ0) is 15.6. The van der Waals surface area contributed by atoms with Crippen LogP contribution in [-0.2, 0) is 11.3 Å². The van der Waals surface area contributed by atoms with Crippen molar-refractivity contribution in [3.05, 3.63) is 41.5 Å². The molecule has 118 valence electrons. The second-order valence-electron chi connectivity index (χ2n) is 5.15. The summed E-state index contributed by atoms with van der Waals surface area (Å²) >= 11 is 1.56. The number of hydrogen-bond donors (Lipinski definition) is 1. The number of thioether (sulfide) groups is 1. The second kappa shape index (κ2) is 9.43. The van der Waals surface area contributed by atoms with Gasteiger partial charge >= 0.3 is 0 Å². The number of allylic oxidation sites excluding steroid dienone is 1. The molecule has 0 spiro atoms. The van der Waals surface area contributed by atoms with Crippen LogP contribution in [0.3, 0.4) is 0 Å². The lowest BCUT2D eigenvalue weighted by Crippen LogP contribution is -2.15. The van der Waals surface area contributed by atoms with Gasteiger partial charge in [-0.25, -0.2) is 0 Å². The Kier molecular flexibility index (Phi) is 7.19. The first-order chi connectivity index (χ1) is 10.8. The number of rotatable bonds is 8. The molecule has 5 heteroatoms. The van der Waals surface area contributed by atoms with Gasteiger partial charge in [-0.2, -0.15) is 5.10 Å². The second-order valence-corrected chi connectivity index (χ2v) is 6.14. The molecule has 1 aliphatic heterocycles. The fourth-order valence-electron chi connectivity index (χ4n) is 2.16. The monoisotopic (exact) mass is 317 g/mol. The number of amidine groups is 1. The van der Waals surface area contributed by atoms with E-state index in [1.54, 1.807) is 11.8 Å². The van der Waals surface area contributed by atoms with Crippen molar-refractivity contribution in [1.82, 2.24) is 0 Å². The van der Waals surface area contributed by atoms with Crippen molar-refractivity contribution in [1.29, 1.82) is 0 Å². The molecule has 0 unspecified atom stereocenters. The topological polar surface area (TPSA) is 60.0 Å². The number of nitrogens with two attached hydrogens (primary N) is 1. The van der Waals surface area contributed by atoms with E-state index < -0.39 is 0 Å². The van der Waals surface area contributed by atoms with Crippen molar-refractivity contribution in [3.63, 3.8) is 0 Å². The van der Waals surface area contributed by atoms with Gasteiger partial charge in [-0.05, 0) is 43.4 Å². The first kappa shape index (κ1) is 16.8. The van der Waals surface area contributed by atoms with Crippen LogP contribution < -0.4 is 5.73 Å². The number of nitrogens with zero attached hydrogens (tertiary/aromatic N) is 2. The normalized spacial score (nSPS) is 15.0. The average Bonchev–Trinajstić information content (AvgIpc) is 2.53. The summed E-state index contributed by atoms with van der Waals surface area (Å²) in [5, 5.41) is 8.57. The van der Waals surface area contributed by atoms with E-state index in [4.69, 9.17) is 10.5 Å². The molecule has 0 atom stereocenters. The van der Waals surface area contributed by atoms with Crippen LogP contribution in [0.5, 0.6) is 0 Å². The molecule has 0 aromatic heterocycles. The molecule has 4 nitrogen and oxygen atoms in total. The summed E-state index contributed by atoms with van der Waals surface area (Å²) in [5.41, 5.74) is 9.12. The summed E-state index contributed by atoms with van der Waals surface area (Å²) < 4.78 is 5.74. The summed E-state index contributed by atoms with van der Waals surface area (Å²) in [6.07, 6.45) is 7.24. The third-order valence-electron chi connectivity index (χ3n) is 3.26. The SMILES string of the molecule is C/C=C/c1cccc(COCCCCC2=NN=C(N)SC2)c1. The van der Waals surface area contributed by atoms with E-state index in [0.717, 1.165) is 37.3 Å². The lowest BCUT2D eigenvalue weighted by Gasteiger charge is -2.09. The van der Waals surface area contributed by atoms with Crippen LogP contribution in [0.1, 0.15) is 37.3 Å². The van der Waals surface area contributed by atoms with Gasteiger partial charge in [0.25, 0.3) is 0 Å². The molecule has 22 heavy (non-hydrogen) atoms. The lowest BCUT2D eigenvalue weighted by atomic mass is 10.1. The molecular weight excluding hydrogens is 294 g/mol. The van der Waals surface area contributed by atoms with E-state index in [2.05, 4.69) is 40.5 Å². The maximum absolute atomic E-state index is 5.74. The molecule has 1 heterocycles. The van der Waals surface area contributed by atoms with Crippen molar-refractivity contribution in [2.45, 2.75) is 32.8 Å². The highest BCUT2D eigenvalue weighted by Crippen LogP contribution is 2.12. The third kappa shape index (κ3) is 6.03. The summed E-state index contributed by atoms with van der Waals surface area (Å²) in [4.78, 5) is 0. The summed E-state index contributed by atoms with van der Waals surface area (Å²) in [5.74, 6) is 0.869. The predicted molar refractivity (Wildman–Crippen MR) is 96.2 cm³/mol. The molecular formula is C17H23N3OS. The van der Waals surface area contributed by atoms with E-state index in [9.17, 15) is 0 Å². The first-order valence-corrected chi connectivity index (χ1v) is 8.57. The Labute approximate surface area is 136 Å². The Bertz CT molecular complexity index is 567. The Morgan fingerprint density at radius 2 is 2.23 bits per heavy atom. The average molecular weight is 317 g/mol. The predicted octanol–water partition coefficient (Wildman–Crippen LogP) is 3.82. The highest BCUT2D eigenvalue weighted by atomic mass is 32.2. The van der Waals surface area contributed by atoms with E-state index in [1.807, 2.05) is 13.0 Å². The van der Waals surface area contributed by atoms with Crippen molar-refractivity contribution >= 4 is 28.7 Å². The van der Waals surface area contributed by atoms with E-state index >= 15 is 0 Å². The maximum Gasteiger partial charge on any atom is 0.180 e. The molecule has 0 saturated carbocycles. The van der Waals surface area contributed by atoms with Gasteiger partial charge in [-0.3, -0.25) is 0 Å². The van der Waals surface area contributed by atoms with Crippen LogP contribution in [0, 0.1) is 0 Å². The highest BCUT2D eigenvalue weighted by molar-refractivity contribution is 8.14. The number of ether oxygens (including phenoxy) is 1. The summed E-state index contributed by atoms with van der Waals surface area (Å²) in [7, 11) is 0. The molecule has 0 aliphatic carbocycles. The van der Waals surface area contributed by atoms with Gasteiger partial charge in [0.1, 0.15) is 0 Å². The minimum atomic E-state index is 0.562. The van der Waals surface area contributed by atoms with Crippen molar-refractivity contribution in [2.24, 2.45) is 15.9 Å². The van der Waals surface area contributed by atoms with Crippen LogP contribution in [0.25, 0.3) is 6.08 Å². The van der Waals surface area contributed by atoms with Crippen LogP contribution in [0.15, 0.2) is 40.5 Å². The Hall–Kier alpha value is -1.59. The molecule has 0 amide bonds. The largest absolute Gasteiger partial charge is 0.377 e. The minimum Gasteiger partial charge on any atom is -0.377 e. The van der Waals surface area contributed by atoms with Gasteiger partial charge in [0.05, 0.1) is 12.3 Å². The van der Waals surface area contributed by atoms with Gasteiger partial charge in [0, 0.05) is 12.4 Å². The number of hydrogen-bond acceptors (Lipinski definition) is 5. The molecule has 0 radical (unpaired) electrons. The van der Waals surface area contributed by atoms with Crippen LogP contribution in [0.4, 0.5) is 0 Å². The summed E-state index contributed by atoms with van der Waals surface area (Å²) in [6.45, 7) is 3.47. The number of unbranched alkanes of at least 4 members (excludes halogenated alkanes) is 1. The minimum absolute atomic E-state index is 0.562.